The second-order valence-electron chi connectivity index (χ2n) is 10.00. The Labute approximate surface area is 202 Å². The maximum atomic E-state index is 5.32. The highest BCUT2D eigenvalue weighted by atomic mass is 32.2. The Hall–Kier alpha value is -2.27. The minimum Gasteiger partial charge on any atom is -0.497 e. The summed E-state index contributed by atoms with van der Waals surface area (Å²) in [6, 6.07) is 17.1. The lowest BCUT2D eigenvalue weighted by molar-refractivity contribution is -0.548. The number of methoxy groups -OCH3 is 2. The number of rotatable bonds is 6. The molecule has 2 aromatic carbocycles. The molecule has 2 unspecified atom stereocenters. The zero-order valence-corrected chi connectivity index (χ0v) is 20.8. The van der Waals surface area contributed by atoms with Crippen LogP contribution in [0.15, 0.2) is 48.5 Å². The Kier molecular flexibility index (Phi) is 6.51. The average Bonchev–Trinajstić information content (AvgIpc) is 3.16. The van der Waals surface area contributed by atoms with Crippen LogP contribution in [-0.2, 0) is 13.1 Å². The van der Waals surface area contributed by atoms with Gasteiger partial charge in [-0.3, -0.25) is 0 Å². The van der Waals surface area contributed by atoms with Crippen LogP contribution < -0.4 is 9.47 Å². The molecule has 2 spiro atoms. The fraction of sp³-hybridized carbons (Fsp3) is 0.500. The van der Waals surface area contributed by atoms with Gasteiger partial charge in [-0.1, -0.05) is 0 Å². The van der Waals surface area contributed by atoms with E-state index in [4.69, 9.17) is 9.47 Å². The zero-order chi connectivity index (χ0) is 22.7. The molecule has 3 heterocycles. The summed E-state index contributed by atoms with van der Waals surface area (Å²) in [6.45, 7) is 4.32. The van der Waals surface area contributed by atoms with E-state index < -0.39 is 0 Å². The Morgan fingerprint density at radius 1 is 0.758 bits per heavy atom. The van der Waals surface area contributed by atoms with E-state index >= 15 is 0 Å². The summed E-state index contributed by atoms with van der Waals surface area (Å²) in [4.78, 5) is 0. The topological polar surface area (TPSA) is 24.5 Å². The molecule has 1 saturated heterocycles. The third-order valence-corrected chi connectivity index (χ3v) is 9.18. The lowest BCUT2D eigenvalue weighted by Gasteiger charge is -2.30. The highest BCUT2D eigenvalue weighted by Crippen LogP contribution is 2.52. The van der Waals surface area contributed by atoms with Crippen LogP contribution in [0.5, 0.6) is 11.5 Å². The molecule has 2 aromatic rings. The van der Waals surface area contributed by atoms with Gasteiger partial charge in [-0.2, -0.15) is 0 Å². The second-order valence-corrected chi connectivity index (χ2v) is 11.4. The SMILES string of the molecule is COc1ccc(C[N+]2=CC3(CCC2)CSC2(C=[N+](Cc4ccc(OC)cc4)CCC2)C3)cc1. The van der Waals surface area contributed by atoms with Crippen molar-refractivity contribution < 1.29 is 18.6 Å². The number of nitrogens with zero attached hydrogens (tertiary/aromatic N) is 2. The lowest BCUT2D eigenvalue weighted by Crippen LogP contribution is -2.40. The first kappa shape index (κ1) is 22.5. The van der Waals surface area contributed by atoms with E-state index in [2.05, 4.69) is 81.9 Å². The summed E-state index contributed by atoms with van der Waals surface area (Å²) in [5, 5.41) is 0. The number of hydrogen-bond donors (Lipinski definition) is 0. The van der Waals surface area contributed by atoms with Crippen molar-refractivity contribution in [1.82, 2.24) is 0 Å². The number of hydrogen-bond acceptors (Lipinski definition) is 3. The molecule has 0 saturated carbocycles. The van der Waals surface area contributed by atoms with Crippen molar-refractivity contribution >= 4 is 24.2 Å². The molecule has 0 radical (unpaired) electrons. The van der Waals surface area contributed by atoms with Gasteiger partial charge in [0.25, 0.3) is 0 Å². The van der Waals surface area contributed by atoms with Gasteiger partial charge >= 0.3 is 0 Å². The number of benzene rings is 2. The fourth-order valence-corrected chi connectivity index (χ4v) is 7.64. The van der Waals surface area contributed by atoms with E-state index in [0.29, 0.717) is 10.2 Å². The van der Waals surface area contributed by atoms with Crippen LogP contribution in [0.2, 0.25) is 0 Å². The van der Waals surface area contributed by atoms with Gasteiger partial charge in [0.15, 0.2) is 19.3 Å². The first-order valence-corrected chi connectivity index (χ1v) is 13.2. The molecule has 5 heteroatoms. The highest BCUT2D eigenvalue weighted by Gasteiger charge is 2.53. The molecular weight excluding hydrogens is 428 g/mol. The van der Waals surface area contributed by atoms with Gasteiger partial charge in [-0.05, 0) is 67.8 Å². The van der Waals surface area contributed by atoms with Crippen LogP contribution in [0.25, 0.3) is 0 Å². The minimum absolute atomic E-state index is 0.296. The smallest absolute Gasteiger partial charge is 0.167 e. The van der Waals surface area contributed by atoms with Crippen LogP contribution in [-0.4, -0.2) is 59.4 Å². The first-order chi connectivity index (χ1) is 16.1. The molecule has 3 aliphatic rings. The lowest BCUT2D eigenvalue weighted by atomic mass is 9.75. The quantitative estimate of drug-likeness (QED) is 0.561. The first-order valence-electron chi connectivity index (χ1n) is 12.2. The van der Waals surface area contributed by atoms with Crippen LogP contribution in [0.1, 0.15) is 43.2 Å². The number of thioether (sulfide) groups is 1. The van der Waals surface area contributed by atoms with E-state index in [9.17, 15) is 0 Å². The maximum Gasteiger partial charge on any atom is 0.167 e. The normalized spacial score (nSPS) is 26.8. The van der Waals surface area contributed by atoms with E-state index in [1.165, 1.54) is 55.5 Å². The van der Waals surface area contributed by atoms with E-state index in [0.717, 1.165) is 31.1 Å². The zero-order valence-electron chi connectivity index (χ0n) is 20.0. The van der Waals surface area contributed by atoms with Crippen molar-refractivity contribution in [2.45, 2.75) is 49.9 Å². The minimum atomic E-state index is 0.296. The van der Waals surface area contributed by atoms with Crippen molar-refractivity contribution in [1.29, 1.82) is 0 Å². The van der Waals surface area contributed by atoms with Crippen LogP contribution in [0, 0.1) is 5.41 Å². The molecule has 33 heavy (non-hydrogen) atoms. The average molecular weight is 465 g/mol. The third-order valence-electron chi connectivity index (χ3n) is 7.43. The summed E-state index contributed by atoms with van der Waals surface area (Å²) in [5.41, 5.74) is 3.06. The van der Waals surface area contributed by atoms with Crippen molar-refractivity contribution in [2.75, 3.05) is 33.1 Å². The van der Waals surface area contributed by atoms with Crippen LogP contribution in [0.4, 0.5) is 0 Å². The Balaban J connectivity index is 1.30. The molecule has 5 rings (SSSR count). The van der Waals surface area contributed by atoms with Gasteiger partial charge in [-0.25, -0.2) is 9.15 Å². The van der Waals surface area contributed by atoms with Crippen LogP contribution in [0.3, 0.4) is 0 Å². The molecule has 2 atom stereocenters. The number of ether oxygens (including phenoxy) is 2. The highest BCUT2D eigenvalue weighted by molar-refractivity contribution is 8.01. The fourth-order valence-electron chi connectivity index (χ4n) is 5.85. The van der Waals surface area contributed by atoms with Gasteiger partial charge in [0.2, 0.25) is 0 Å². The van der Waals surface area contributed by atoms with E-state index in [1.807, 2.05) is 0 Å². The van der Waals surface area contributed by atoms with Gasteiger partial charge < -0.3 is 9.47 Å². The van der Waals surface area contributed by atoms with Crippen molar-refractivity contribution in [3.8, 4) is 11.5 Å². The molecule has 1 fully saturated rings. The largest absolute Gasteiger partial charge is 0.497 e. The summed E-state index contributed by atoms with van der Waals surface area (Å²) in [6.07, 6.45) is 11.7. The Morgan fingerprint density at radius 2 is 1.30 bits per heavy atom. The van der Waals surface area contributed by atoms with E-state index in [1.54, 1.807) is 14.2 Å². The third kappa shape index (κ3) is 5.13. The summed E-state index contributed by atoms with van der Waals surface area (Å²) >= 11 is 2.21. The summed E-state index contributed by atoms with van der Waals surface area (Å²) < 4.78 is 16.1. The van der Waals surface area contributed by atoms with Crippen molar-refractivity contribution in [3.63, 3.8) is 0 Å². The van der Waals surface area contributed by atoms with Gasteiger partial charge in [-0.15, -0.1) is 11.8 Å². The molecule has 4 nitrogen and oxygen atoms in total. The molecule has 174 valence electrons. The molecule has 0 aliphatic carbocycles. The van der Waals surface area contributed by atoms with Gasteiger partial charge in [0, 0.05) is 29.7 Å². The second kappa shape index (κ2) is 9.54. The molecular formula is C28H36N2O2S+2. The Morgan fingerprint density at radius 3 is 1.88 bits per heavy atom. The van der Waals surface area contributed by atoms with Crippen molar-refractivity contribution in [2.24, 2.45) is 5.41 Å². The predicted molar refractivity (Wildman–Crippen MR) is 136 cm³/mol. The molecule has 0 amide bonds. The summed E-state index contributed by atoms with van der Waals surface area (Å²) in [5.74, 6) is 3.11. The molecule has 0 N–H and O–H groups in total. The van der Waals surface area contributed by atoms with Gasteiger partial charge in [0.05, 0.1) is 24.4 Å². The maximum absolute atomic E-state index is 5.32. The molecule has 3 aliphatic heterocycles. The standard InChI is InChI=1S/C28H36N2O2S/c1-31-25-9-5-23(6-10-25)17-29-15-3-13-27(20-29)19-28(33-22-27)14-4-16-30(21-28)18-24-7-11-26(32-2)12-8-24/h5-12,20-21H,3-4,13-19,22H2,1-2H3/q+2. The molecule has 0 aromatic heterocycles. The predicted octanol–water partition coefficient (Wildman–Crippen LogP) is 5.02. The van der Waals surface area contributed by atoms with Crippen molar-refractivity contribution in [3.05, 3.63) is 59.7 Å². The Bertz CT molecular complexity index is 947. The van der Waals surface area contributed by atoms with E-state index in [-0.39, 0.29) is 0 Å². The van der Waals surface area contributed by atoms with Gasteiger partial charge in [0.1, 0.15) is 30.8 Å². The monoisotopic (exact) mass is 464 g/mol. The van der Waals surface area contributed by atoms with Crippen LogP contribution >= 0.6 is 11.8 Å². The summed E-state index contributed by atoms with van der Waals surface area (Å²) in [7, 11) is 3.45. The molecule has 0 bridgehead atoms.